The quantitative estimate of drug-likeness (QED) is 0.643. The molecule has 68 valence electrons. The molecule has 1 aromatic rings. The van der Waals surface area contributed by atoms with Gasteiger partial charge in [0.15, 0.2) is 0 Å². The Morgan fingerprint density at radius 3 is 3.14 bits per heavy atom. The van der Waals surface area contributed by atoms with E-state index in [1.807, 2.05) is 29.7 Å². The highest BCUT2D eigenvalue weighted by Crippen LogP contribution is 2.34. The highest BCUT2D eigenvalue weighted by molar-refractivity contribution is 8.06. The fourth-order valence-electron chi connectivity index (χ4n) is 1.43. The Morgan fingerprint density at radius 1 is 1.21 bits per heavy atom. The van der Waals surface area contributed by atoms with Crippen LogP contribution in [0.15, 0.2) is 45.8 Å². The lowest BCUT2D eigenvalue weighted by molar-refractivity contribution is 0.549. The minimum atomic E-state index is 0.705. The summed E-state index contributed by atoms with van der Waals surface area (Å²) in [6.45, 7) is 0. The van der Waals surface area contributed by atoms with E-state index < -0.39 is 0 Å². The zero-order valence-corrected chi connectivity index (χ0v) is 8.12. The first-order valence-electron chi connectivity index (χ1n) is 4.32. The Balaban J connectivity index is 2.15. The summed E-state index contributed by atoms with van der Waals surface area (Å²) in [6.07, 6.45) is 3.86. The molecule has 14 heavy (non-hydrogen) atoms. The molecule has 0 saturated heterocycles. The van der Waals surface area contributed by atoms with Crippen molar-refractivity contribution in [2.45, 2.75) is 0 Å². The summed E-state index contributed by atoms with van der Waals surface area (Å²) >= 11 is 1.64. The molecule has 0 amide bonds. The normalized spacial score (nSPS) is 17.4. The summed E-state index contributed by atoms with van der Waals surface area (Å²) in [5, 5.41) is 1.95. The highest BCUT2D eigenvalue weighted by Gasteiger charge is 2.18. The van der Waals surface area contributed by atoms with E-state index >= 15 is 0 Å². The van der Waals surface area contributed by atoms with Gasteiger partial charge in [0.2, 0.25) is 5.90 Å². The Kier molecular flexibility index (Phi) is 1.70. The third kappa shape index (κ3) is 1.17. The molecule has 0 aromatic heterocycles. The Morgan fingerprint density at radius 2 is 2.14 bits per heavy atom. The maximum Gasteiger partial charge on any atom is 0.233 e. The van der Waals surface area contributed by atoms with E-state index in [0.717, 1.165) is 16.2 Å². The number of ether oxygens (including phenoxy) is 1. The Labute approximate surface area is 86.0 Å². The van der Waals surface area contributed by atoms with Gasteiger partial charge < -0.3 is 4.74 Å². The molecule has 0 radical (unpaired) electrons. The van der Waals surface area contributed by atoms with Crippen LogP contribution in [0.5, 0.6) is 5.75 Å². The summed E-state index contributed by atoms with van der Waals surface area (Å²) < 4.78 is 5.65. The second kappa shape index (κ2) is 3.03. The molecule has 0 N–H and O–H groups in total. The average Bonchev–Trinajstić information content (AvgIpc) is 2.26. The van der Waals surface area contributed by atoms with E-state index in [2.05, 4.69) is 11.1 Å². The molecule has 0 spiro atoms. The molecule has 0 bridgehead atoms. The van der Waals surface area contributed by atoms with Crippen LogP contribution in [0.2, 0.25) is 0 Å². The molecule has 0 saturated carbocycles. The van der Waals surface area contributed by atoms with Crippen molar-refractivity contribution in [1.82, 2.24) is 0 Å². The van der Waals surface area contributed by atoms with Gasteiger partial charge >= 0.3 is 0 Å². The molecule has 0 aliphatic carbocycles. The van der Waals surface area contributed by atoms with E-state index in [0.29, 0.717) is 5.90 Å². The third-order valence-electron chi connectivity index (χ3n) is 2.07. The van der Waals surface area contributed by atoms with E-state index in [1.54, 1.807) is 18.0 Å². The summed E-state index contributed by atoms with van der Waals surface area (Å²) in [6, 6.07) is 7.96. The van der Waals surface area contributed by atoms with Gasteiger partial charge in [-0.05, 0) is 17.6 Å². The lowest BCUT2D eigenvalue weighted by atomic mass is 10.1. The number of aliphatic imine (C=N–C) groups is 1. The minimum absolute atomic E-state index is 0.705. The summed E-state index contributed by atoms with van der Waals surface area (Å²) in [7, 11) is 0. The van der Waals surface area contributed by atoms with Crippen LogP contribution in [0, 0.1) is 0 Å². The zero-order valence-electron chi connectivity index (χ0n) is 7.31. The van der Waals surface area contributed by atoms with Crippen molar-refractivity contribution in [3.8, 4) is 5.75 Å². The van der Waals surface area contributed by atoms with Crippen LogP contribution in [-0.2, 0) is 0 Å². The number of benzene rings is 1. The van der Waals surface area contributed by atoms with Crippen LogP contribution in [0.1, 0.15) is 5.56 Å². The molecule has 2 aliphatic rings. The first-order valence-corrected chi connectivity index (χ1v) is 5.20. The Bertz CT molecular complexity index is 474. The number of nitrogens with zero attached hydrogens (tertiary/aromatic N) is 1. The third-order valence-corrected chi connectivity index (χ3v) is 2.87. The van der Waals surface area contributed by atoms with Gasteiger partial charge in [-0.3, -0.25) is 0 Å². The fourth-order valence-corrected chi connectivity index (χ4v) is 2.08. The summed E-state index contributed by atoms with van der Waals surface area (Å²) in [5.74, 6) is 1.59. The molecule has 0 atom stereocenters. The lowest BCUT2D eigenvalue weighted by Crippen LogP contribution is -2.14. The van der Waals surface area contributed by atoms with Crippen molar-refractivity contribution in [3.05, 3.63) is 46.3 Å². The van der Waals surface area contributed by atoms with Gasteiger partial charge in [-0.25, -0.2) is 4.99 Å². The van der Waals surface area contributed by atoms with Crippen LogP contribution >= 0.6 is 11.8 Å². The molecule has 2 aliphatic heterocycles. The van der Waals surface area contributed by atoms with Gasteiger partial charge in [-0.1, -0.05) is 30.0 Å². The second-order valence-corrected chi connectivity index (χ2v) is 3.93. The maximum absolute atomic E-state index is 5.65. The van der Waals surface area contributed by atoms with Crippen molar-refractivity contribution >= 4 is 23.7 Å². The molecule has 2 heterocycles. The lowest BCUT2D eigenvalue weighted by Gasteiger charge is -2.18. The number of para-hydroxylation sites is 1. The first kappa shape index (κ1) is 7.88. The van der Waals surface area contributed by atoms with Crippen molar-refractivity contribution in [2.75, 3.05) is 0 Å². The van der Waals surface area contributed by atoms with Crippen molar-refractivity contribution in [1.29, 1.82) is 0 Å². The molecule has 0 fully saturated rings. The standard InChI is InChI=1S/C11H7NOS/c1-2-4-9-8(3-1)7-10-11(13-9)12-5-6-14-10/h1-7H. The molecule has 0 unspecified atom stereocenters. The predicted molar refractivity (Wildman–Crippen MR) is 59.2 cm³/mol. The summed E-state index contributed by atoms with van der Waals surface area (Å²) in [5.41, 5.74) is 1.12. The van der Waals surface area contributed by atoms with E-state index in [1.165, 1.54) is 0 Å². The van der Waals surface area contributed by atoms with E-state index in [-0.39, 0.29) is 0 Å². The SMILES string of the molecule is C1=CSC2=Cc3ccccc3OC2=N1. The molecule has 2 nitrogen and oxygen atoms in total. The second-order valence-electron chi connectivity index (χ2n) is 2.99. The van der Waals surface area contributed by atoms with Gasteiger partial charge in [-0.15, -0.1) is 0 Å². The number of hydrogen-bond donors (Lipinski definition) is 0. The zero-order chi connectivity index (χ0) is 9.38. The molecule has 3 heteroatoms. The van der Waals surface area contributed by atoms with Gasteiger partial charge in [0.1, 0.15) is 5.75 Å². The maximum atomic E-state index is 5.65. The number of thioether (sulfide) groups is 1. The first-order chi connectivity index (χ1) is 6.93. The van der Waals surface area contributed by atoms with Crippen LogP contribution in [0.4, 0.5) is 0 Å². The van der Waals surface area contributed by atoms with Gasteiger partial charge in [-0.2, -0.15) is 0 Å². The molecular weight excluding hydrogens is 194 g/mol. The highest BCUT2D eigenvalue weighted by atomic mass is 32.2. The summed E-state index contributed by atoms with van der Waals surface area (Å²) in [4.78, 5) is 5.25. The number of hydrogen-bond acceptors (Lipinski definition) is 3. The fraction of sp³-hybridized carbons (Fsp3) is 0. The van der Waals surface area contributed by atoms with Crippen molar-refractivity contribution in [3.63, 3.8) is 0 Å². The molecule has 1 aromatic carbocycles. The van der Waals surface area contributed by atoms with E-state index in [9.17, 15) is 0 Å². The molecular formula is C11H7NOS. The van der Waals surface area contributed by atoms with Crippen LogP contribution in [0.25, 0.3) is 6.08 Å². The van der Waals surface area contributed by atoms with Crippen molar-refractivity contribution < 1.29 is 4.74 Å². The van der Waals surface area contributed by atoms with Gasteiger partial charge in [0, 0.05) is 11.8 Å². The number of rotatable bonds is 0. The van der Waals surface area contributed by atoms with Gasteiger partial charge in [0.25, 0.3) is 0 Å². The number of fused-ring (bicyclic) bond motifs is 2. The van der Waals surface area contributed by atoms with Gasteiger partial charge in [0.05, 0.1) is 4.91 Å². The smallest absolute Gasteiger partial charge is 0.233 e. The van der Waals surface area contributed by atoms with E-state index in [4.69, 9.17) is 4.74 Å². The predicted octanol–water partition coefficient (Wildman–Crippen LogP) is 3.04. The monoisotopic (exact) mass is 201 g/mol. The Hall–Kier alpha value is -1.48. The average molecular weight is 201 g/mol. The van der Waals surface area contributed by atoms with Crippen LogP contribution in [-0.4, -0.2) is 5.90 Å². The topological polar surface area (TPSA) is 21.6 Å². The minimum Gasteiger partial charge on any atom is -0.437 e. The van der Waals surface area contributed by atoms with Crippen LogP contribution < -0.4 is 4.74 Å². The molecule has 3 rings (SSSR count). The van der Waals surface area contributed by atoms with Crippen LogP contribution in [0.3, 0.4) is 0 Å². The van der Waals surface area contributed by atoms with Crippen molar-refractivity contribution in [2.24, 2.45) is 4.99 Å². The largest absolute Gasteiger partial charge is 0.437 e.